The summed E-state index contributed by atoms with van der Waals surface area (Å²) in [4.78, 5) is 4.41. The molecule has 0 radical (unpaired) electrons. The minimum absolute atomic E-state index is 0.345. The van der Waals surface area contributed by atoms with E-state index in [0.717, 1.165) is 29.7 Å². The normalized spacial score (nSPS) is 17.1. The lowest BCUT2D eigenvalue weighted by molar-refractivity contribution is 0.512. The Balaban J connectivity index is 1.96. The number of hydrogen-bond acceptors (Lipinski definition) is 3. The van der Waals surface area contributed by atoms with Crippen LogP contribution in [0.5, 0.6) is 0 Å². The SMILES string of the molecule is Cc1ccc(S(=O)(=O)N2CCC/C2=C\c2cccnc2)cc1. The topological polar surface area (TPSA) is 50.3 Å². The number of aryl methyl sites for hydroxylation is 1. The molecular weight excluding hydrogens is 296 g/mol. The van der Waals surface area contributed by atoms with E-state index >= 15 is 0 Å². The van der Waals surface area contributed by atoms with E-state index in [0.29, 0.717) is 11.4 Å². The van der Waals surface area contributed by atoms with Gasteiger partial charge in [0.05, 0.1) is 4.90 Å². The third kappa shape index (κ3) is 2.90. The second-order valence-electron chi connectivity index (χ2n) is 5.42. The number of allylic oxidation sites excluding steroid dienone is 1. The van der Waals surface area contributed by atoms with Gasteiger partial charge in [0, 0.05) is 24.6 Å². The summed E-state index contributed by atoms with van der Waals surface area (Å²) in [6.45, 7) is 2.47. The highest BCUT2D eigenvalue weighted by molar-refractivity contribution is 7.89. The van der Waals surface area contributed by atoms with Crippen LogP contribution in [0.1, 0.15) is 24.0 Å². The largest absolute Gasteiger partial charge is 0.270 e. The number of pyridine rings is 1. The van der Waals surface area contributed by atoms with Gasteiger partial charge in [-0.25, -0.2) is 8.42 Å². The summed E-state index contributed by atoms with van der Waals surface area (Å²) in [7, 11) is -3.48. The summed E-state index contributed by atoms with van der Waals surface area (Å²) in [6, 6.07) is 10.8. The van der Waals surface area contributed by atoms with Gasteiger partial charge in [0.2, 0.25) is 0 Å². The molecule has 3 rings (SSSR count). The number of benzene rings is 1. The molecule has 1 aliphatic rings. The van der Waals surface area contributed by atoms with Crippen molar-refractivity contribution in [3.63, 3.8) is 0 Å². The fraction of sp³-hybridized carbons (Fsp3) is 0.235. The molecule has 0 amide bonds. The van der Waals surface area contributed by atoms with Crippen molar-refractivity contribution in [2.45, 2.75) is 24.7 Å². The predicted molar refractivity (Wildman–Crippen MR) is 86.5 cm³/mol. The number of sulfonamides is 1. The second-order valence-corrected chi connectivity index (χ2v) is 7.28. The Labute approximate surface area is 131 Å². The van der Waals surface area contributed by atoms with Crippen molar-refractivity contribution in [2.24, 2.45) is 0 Å². The van der Waals surface area contributed by atoms with Crippen LogP contribution in [0.15, 0.2) is 59.4 Å². The number of nitrogens with zero attached hydrogens (tertiary/aromatic N) is 2. The average molecular weight is 314 g/mol. The van der Waals surface area contributed by atoms with E-state index in [4.69, 9.17) is 0 Å². The molecule has 0 atom stereocenters. The Kier molecular flexibility index (Phi) is 3.98. The minimum atomic E-state index is -3.48. The lowest BCUT2D eigenvalue weighted by atomic mass is 10.2. The molecule has 0 bridgehead atoms. The van der Waals surface area contributed by atoms with E-state index in [9.17, 15) is 8.42 Å². The molecule has 0 unspecified atom stereocenters. The fourth-order valence-electron chi connectivity index (χ4n) is 2.58. The Morgan fingerprint density at radius 3 is 2.64 bits per heavy atom. The first kappa shape index (κ1) is 14.8. The first-order valence-corrected chi connectivity index (χ1v) is 8.71. The van der Waals surface area contributed by atoms with Crippen LogP contribution in [0.4, 0.5) is 0 Å². The molecule has 0 saturated carbocycles. The highest BCUT2D eigenvalue weighted by atomic mass is 32.2. The smallest absolute Gasteiger partial charge is 0.264 e. The van der Waals surface area contributed by atoms with E-state index in [1.165, 1.54) is 4.31 Å². The van der Waals surface area contributed by atoms with Crippen molar-refractivity contribution in [2.75, 3.05) is 6.54 Å². The molecule has 2 heterocycles. The van der Waals surface area contributed by atoms with E-state index in [-0.39, 0.29) is 0 Å². The second kappa shape index (κ2) is 5.93. The van der Waals surface area contributed by atoms with Gasteiger partial charge in [-0.1, -0.05) is 23.8 Å². The third-order valence-electron chi connectivity index (χ3n) is 3.74. The lowest BCUT2D eigenvalue weighted by Gasteiger charge is -2.20. The van der Waals surface area contributed by atoms with Gasteiger partial charge in [-0.15, -0.1) is 0 Å². The zero-order valence-corrected chi connectivity index (χ0v) is 13.3. The van der Waals surface area contributed by atoms with Crippen LogP contribution in [0.25, 0.3) is 6.08 Å². The average Bonchev–Trinajstić information content (AvgIpc) is 2.98. The molecule has 1 aromatic heterocycles. The van der Waals surface area contributed by atoms with Gasteiger partial charge in [0.1, 0.15) is 0 Å². The van der Waals surface area contributed by atoms with Crippen LogP contribution in [-0.2, 0) is 10.0 Å². The maximum atomic E-state index is 12.8. The summed E-state index contributed by atoms with van der Waals surface area (Å²) in [5.41, 5.74) is 2.79. The van der Waals surface area contributed by atoms with Crippen molar-refractivity contribution in [3.8, 4) is 0 Å². The van der Waals surface area contributed by atoms with E-state index in [1.54, 1.807) is 24.5 Å². The van der Waals surface area contributed by atoms with Gasteiger partial charge in [0.15, 0.2) is 0 Å². The van der Waals surface area contributed by atoms with Gasteiger partial charge in [0.25, 0.3) is 10.0 Å². The van der Waals surface area contributed by atoms with Crippen LogP contribution < -0.4 is 0 Å². The summed E-state index contributed by atoms with van der Waals surface area (Å²) >= 11 is 0. The molecule has 0 N–H and O–H groups in total. The van der Waals surface area contributed by atoms with Crippen molar-refractivity contribution in [1.29, 1.82) is 0 Å². The van der Waals surface area contributed by atoms with Gasteiger partial charge >= 0.3 is 0 Å². The van der Waals surface area contributed by atoms with Crippen LogP contribution in [0.2, 0.25) is 0 Å². The molecule has 114 valence electrons. The molecule has 22 heavy (non-hydrogen) atoms. The standard InChI is InChI=1S/C17H18N2O2S/c1-14-6-8-17(9-7-14)22(20,21)19-11-3-5-16(19)12-15-4-2-10-18-13-15/h2,4,6-10,12-13H,3,5,11H2,1H3/b16-12+. The maximum absolute atomic E-state index is 12.8. The number of hydrogen-bond donors (Lipinski definition) is 0. The highest BCUT2D eigenvalue weighted by Gasteiger charge is 2.29. The molecule has 0 spiro atoms. The summed E-state index contributed by atoms with van der Waals surface area (Å²) in [5, 5.41) is 0. The van der Waals surface area contributed by atoms with Crippen LogP contribution >= 0.6 is 0 Å². The van der Waals surface area contributed by atoms with Crippen LogP contribution in [-0.4, -0.2) is 24.3 Å². The Morgan fingerprint density at radius 2 is 1.95 bits per heavy atom. The van der Waals surface area contributed by atoms with Crippen molar-refractivity contribution < 1.29 is 8.42 Å². The molecule has 1 aliphatic heterocycles. The van der Waals surface area contributed by atoms with Crippen molar-refractivity contribution in [3.05, 3.63) is 65.6 Å². The monoisotopic (exact) mass is 314 g/mol. The summed E-state index contributed by atoms with van der Waals surface area (Å²) in [5.74, 6) is 0. The predicted octanol–water partition coefficient (Wildman–Crippen LogP) is 3.22. The van der Waals surface area contributed by atoms with E-state index in [2.05, 4.69) is 4.98 Å². The number of aromatic nitrogens is 1. The molecule has 1 fully saturated rings. The Hall–Kier alpha value is -2.14. The molecule has 1 aromatic carbocycles. The highest BCUT2D eigenvalue weighted by Crippen LogP contribution is 2.30. The van der Waals surface area contributed by atoms with Gasteiger partial charge in [-0.05, 0) is 49.6 Å². The Morgan fingerprint density at radius 1 is 1.18 bits per heavy atom. The zero-order chi connectivity index (χ0) is 15.6. The number of rotatable bonds is 3. The molecule has 4 nitrogen and oxygen atoms in total. The first-order valence-electron chi connectivity index (χ1n) is 7.27. The molecule has 0 aliphatic carbocycles. The van der Waals surface area contributed by atoms with Crippen molar-refractivity contribution >= 4 is 16.1 Å². The lowest BCUT2D eigenvalue weighted by Crippen LogP contribution is -2.26. The summed E-state index contributed by atoms with van der Waals surface area (Å²) in [6.07, 6.45) is 6.96. The van der Waals surface area contributed by atoms with Gasteiger partial charge in [-0.2, -0.15) is 0 Å². The fourth-order valence-corrected chi connectivity index (χ4v) is 4.14. The minimum Gasteiger partial charge on any atom is -0.270 e. The van der Waals surface area contributed by atoms with Gasteiger partial charge in [-0.3, -0.25) is 9.29 Å². The third-order valence-corrected chi connectivity index (χ3v) is 5.61. The Bertz CT molecular complexity index is 781. The van der Waals surface area contributed by atoms with Crippen molar-refractivity contribution in [1.82, 2.24) is 9.29 Å². The van der Waals surface area contributed by atoms with Crippen LogP contribution in [0, 0.1) is 6.92 Å². The molecular formula is C17H18N2O2S. The van der Waals surface area contributed by atoms with E-state index < -0.39 is 10.0 Å². The zero-order valence-electron chi connectivity index (χ0n) is 12.4. The quantitative estimate of drug-likeness (QED) is 0.874. The maximum Gasteiger partial charge on any atom is 0.264 e. The van der Waals surface area contributed by atoms with E-state index in [1.807, 2.05) is 37.3 Å². The molecule has 2 aromatic rings. The summed E-state index contributed by atoms with van der Waals surface area (Å²) < 4.78 is 27.2. The molecule has 1 saturated heterocycles. The first-order chi connectivity index (χ1) is 10.6. The van der Waals surface area contributed by atoms with Gasteiger partial charge < -0.3 is 0 Å². The molecule has 5 heteroatoms. The van der Waals surface area contributed by atoms with Crippen LogP contribution in [0.3, 0.4) is 0 Å².